The van der Waals surface area contributed by atoms with Crippen molar-refractivity contribution in [2.45, 2.75) is 85.1 Å². The number of terminal acetylenes is 1. The molecule has 148 valence electrons. The van der Waals surface area contributed by atoms with Crippen molar-refractivity contribution in [3.05, 3.63) is 17.8 Å². The van der Waals surface area contributed by atoms with Gasteiger partial charge in [0.25, 0.3) is 0 Å². The van der Waals surface area contributed by atoms with Gasteiger partial charge in [-0.15, -0.1) is 12.8 Å². The minimum absolute atomic E-state index is 0.0228. The zero-order valence-corrected chi connectivity index (χ0v) is 16.9. The second kappa shape index (κ2) is 15.0. The van der Waals surface area contributed by atoms with E-state index in [1.165, 1.54) is 26.2 Å². The van der Waals surface area contributed by atoms with Crippen LogP contribution in [0.3, 0.4) is 0 Å². The predicted octanol–water partition coefficient (Wildman–Crippen LogP) is 3.69. The largest absolute Gasteiger partial charge is 0.447 e. The molecule has 6 heteroatoms. The third-order valence-electron chi connectivity index (χ3n) is 3.26. The molecule has 0 radical (unpaired) electrons. The van der Waals surface area contributed by atoms with Crippen LogP contribution in [0, 0.1) is 12.8 Å². The first kappa shape index (κ1) is 25.9. The number of carbonyl (C=O) groups is 2. The Kier molecular flexibility index (Phi) is 15.0. The number of hydrogen-bond acceptors (Lipinski definition) is 4. The smallest absolute Gasteiger partial charge is 0.220 e. The van der Waals surface area contributed by atoms with Crippen molar-refractivity contribution in [1.82, 2.24) is 10.3 Å². The lowest BCUT2D eigenvalue weighted by atomic mass is 9.93. The van der Waals surface area contributed by atoms with Crippen LogP contribution in [0.25, 0.3) is 0 Å². The minimum Gasteiger partial charge on any atom is -0.447 e. The molecule has 6 nitrogen and oxygen atoms in total. The molecular formula is C20H35N3O3. The van der Waals surface area contributed by atoms with E-state index in [2.05, 4.69) is 56.6 Å². The maximum absolute atomic E-state index is 11.7. The number of nitrogens with one attached hydrogen (secondary N) is 1. The summed E-state index contributed by atoms with van der Waals surface area (Å²) in [5.74, 6) is 0.325. The van der Waals surface area contributed by atoms with Crippen molar-refractivity contribution >= 4 is 11.8 Å². The van der Waals surface area contributed by atoms with Crippen molar-refractivity contribution in [2.24, 2.45) is 5.73 Å². The molecule has 0 atom stereocenters. The van der Waals surface area contributed by atoms with Gasteiger partial charge in [-0.25, -0.2) is 4.98 Å². The molecule has 0 aliphatic rings. The Morgan fingerprint density at radius 1 is 1.19 bits per heavy atom. The molecule has 1 heterocycles. The van der Waals surface area contributed by atoms with Crippen LogP contribution >= 0.6 is 0 Å². The van der Waals surface area contributed by atoms with Crippen LogP contribution < -0.4 is 11.1 Å². The van der Waals surface area contributed by atoms with Crippen LogP contribution in [0.5, 0.6) is 0 Å². The summed E-state index contributed by atoms with van der Waals surface area (Å²) >= 11 is 0. The fraction of sp³-hybridized carbons (Fsp3) is 0.650. The Bertz CT molecular complexity index is 524. The lowest BCUT2D eigenvalue weighted by Crippen LogP contribution is -2.22. The van der Waals surface area contributed by atoms with Gasteiger partial charge in [0.05, 0.1) is 12.2 Å². The van der Waals surface area contributed by atoms with E-state index in [1.807, 2.05) is 0 Å². The third-order valence-corrected chi connectivity index (χ3v) is 3.26. The molecule has 0 aromatic carbocycles. The van der Waals surface area contributed by atoms with E-state index in [4.69, 9.17) is 4.42 Å². The summed E-state index contributed by atoms with van der Waals surface area (Å²) in [6.45, 7) is 10.1. The predicted molar refractivity (Wildman–Crippen MR) is 105 cm³/mol. The summed E-state index contributed by atoms with van der Waals surface area (Å²) < 4.78 is 5.37. The molecule has 0 spiro atoms. The number of amides is 2. The Labute approximate surface area is 158 Å². The second-order valence-corrected chi connectivity index (χ2v) is 6.93. The van der Waals surface area contributed by atoms with Gasteiger partial charge in [0, 0.05) is 18.8 Å². The van der Waals surface area contributed by atoms with Gasteiger partial charge < -0.3 is 15.5 Å². The lowest BCUT2D eigenvalue weighted by Gasteiger charge is -2.12. The van der Waals surface area contributed by atoms with Crippen molar-refractivity contribution < 1.29 is 14.0 Å². The first-order valence-corrected chi connectivity index (χ1v) is 8.97. The number of aromatic nitrogens is 1. The first-order valence-electron chi connectivity index (χ1n) is 8.97. The van der Waals surface area contributed by atoms with Gasteiger partial charge in [0.2, 0.25) is 17.7 Å². The number of unbranched alkanes of at least 4 members (excludes halogenated alkanes) is 4. The van der Waals surface area contributed by atoms with Gasteiger partial charge in [-0.1, -0.05) is 53.4 Å². The molecule has 1 aromatic rings. The maximum Gasteiger partial charge on any atom is 0.220 e. The third kappa shape index (κ3) is 15.3. The molecular weight excluding hydrogens is 330 g/mol. The molecule has 0 unspecified atom stereocenters. The van der Waals surface area contributed by atoms with E-state index in [-0.39, 0.29) is 17.2 Å². The first-order chi connectivity index (χ1) is 12.2. The Morgan fingerprint density at radius 2 is 1.73 bits per heavy atom. The zero-order valence-electron chi connectivity index (χ0n) is 16.9. The molecule has 3 N–H and O–H groups in total. The number of rotatable bonds is 8. The number of carbonyl (C=O) groups excluding carboxylic acids is 2. The molecule has 0 aliphatic heterocycles. The van der Waals surface area contributed by atoms with Crippen molar-refractivity contribution in [3.63, 3.8) is 0 Å². The van der Waals surface area contributed by atoms with E-state index in [0.29, 0.717) is 18.9 Å². The maximum atomic E-state index is 11.7. The number of hydrogen-bond donors (Lipinski definition) is 2. The van der Waals surface area contributed by atoms with Crippen LogP contribution in [0.4, 0.5) is 0 Å². The molecule has 0 bridgehead atoms. The molecule has 0 fully saturated rings. The highest BCUT2D eigenvalue weighted by Crippen LogP contribution is 2.20. The number of nitrogens with zero attached hydrogens (tertiary/aromatic N) is 1. The number of nitrogens with two attached hydrogens (primary N) is 1. The topological polar surface area (TPSA) is 98.2 Å². The van der Waals surface area contributed by atoms with Crippen molar-refractivity contribution in [2.75, 3.05) is 0 Å². The standard InChI is InChI=1S/C16H28N2O2.C2H5NO.C2H2/c1-5-6-7-8-9-10-14(19)17-11-15-18-13(12-20-15)16(2,3)4;1-2(3)4;1-2/h12H,5-11H2,1-4H3,(H,17,19);1H3,(H2,3,4);1-2H. The lowest BCUT2D eigenvalue weighted by molar-refractivity contribution is -0.121. The van der Waals surface area contributed by atoms with Gasteiger partial charge in [-0.3, -0.25) is 9.59 Å². The van der Waals surface area contributed by atoms with E-state index < -0.39 is 0 Å². The Morgan fingerprint density at radius 3 is 2.19 bits per heavy atom. The summed E-state index contributed by atoms with van der Waals surface area (Å²) in [7, 11) is 0. The van der Waals surface area contributed by atoms with Crippen LogP contribution in [0.2, 0.25) is 0 Å². The molecule has 2 amide bonds. The SMILES string of the molecule is C#C.CC(N)=O.CCCCCCCC(=O)NCc1nc(C(C)(C)C)co1. The molecule has 1 aromatic heterocycles. The number of oxazole rings is 1. The van der Waals surface area contributed by atoms with E-state index in [1.54, 1.807) is 6.26 Å². The average Bonchev–Trinajstić information content (AvgIpc) is 3.03. The quantitative estimate of drug-likeness (QED) is 0.542. The highest BCUT2D eigenvalue weighted by molar-refractivity contribution is 5.75. The molecule has 0 aliphatic carbocycles. The van der Waals surface area contributed by atoms with Crippen LogP contribution in [-0.2, 0) is 21.5 Å². The second-order valence-electron chi connectivity index (χ2n) is 6.93. The van der Waals surface area contributed by atoms with Crippen LogP contribution in [-0.4, -0.2) is 16.8 Å². The summed E-state index contributed by atoms with van der Waals surface area (Å²) in [6, 6.07) is 0. The summed E-state index contributed by atoms with van der Waals surface area (Å²) in [5, 5.41) is 2.86. The van der Waals surface area contributed by atoms with Crippen molar-refractivity contribution in [1.29, 1.82) is 0 Å². The van der Waals surface area contributed by atoms with E-state index >= 15 is 0 Å². The van der Waals surface area contributed by atoms with E-state index in [0.717, 1.165) is 18.5 Å². The fourth-order valence-electron chi connectivity index (χ4n) is 1.89. The number of primary amides is 1. The highest BCUT2D eigenvalue weighted by atomic mass is 16.3. The van der Waals surface area contributed by atoms with Gasteiger partial charge >= 0.3 is 0 Å². The van der Waals surface area contributed by atoms with Crippen LogP contribution in [0.15, 0.2) is 10.7 Å². The summed E-state index contributed by atoms with van der Waals surface area (Å²) in [4.78, 5) is 25.3. The van der Waals surface area contributed by atoms with Gasteiger partial charge in [0.1, 0.15) is 6.26 Å². The zero-order chi connectivity index (χ0) is 20.6. The summed E-state index contributed by atoms with van der Waals surface area (Å²) in [6.07, 6.45) is 16.1. The summed E-state index contributed by atoms with van der Waals surface area (Å²) in [5.41, 5.74) is 5.37. The normalized spacial score (nSPS) is 9.96. The van der Waals surface area contributed by atoms with Crippen molar-refractivity contribution in [3.8, 4) is 12.8 Å². The average molecular weight is 366 g/mol. The molecule has 0 saturated heterocycles. The minimum atomic E-state index is -0.333. The fourth-order valence-corrected chi connectivity index (χ4v) is 1.89. The Hall–Kier alpha value is -2.29. The van der Waals surface area contributed by atoms with Crippen LogP contribution in [0.1, 0.15) is 84.7 Å². The van der Waals surface area contributed by atoms with Gasteiger partial charge in [-0.2, -0.15) is 0 Å². The monoisotopic (exact) mass is 365 g/mol. The molecule has 1 rings (SSSR count). The van der Waals surface area contributed by atoms with Gasteiger partial charge in [-0.05, 0) is 6.42 Å². The van der Waals surface area contributed by atoms with E-state index in [9.17, 15) is 9.59 Å². The molecule has 0 saturated carbocycles. The highest BCUT2D eigenvalue weighted by Gasteiger charge is 2.18. The Balaban J connectivity index is 0. The van der Waals surface area contributed by atoms with Gasteiger partial charge in [0.15, 0.2) is 0 Å². The molecule has 26 heavy (non-hydrogen) atoms.